The second-order valence-corrected chi connectivity index (χ2v) is 5.58. The molecule has 0 heterocycles. The van der Waals surface area contributed by atoms with Crippen LogP contribution in [0.2, 0.25) is 0 Å². The number of hydrogen-bond acceptors (Lipinski definition) is 2. The van der Waals surface area contributed by atoms with E-state index in [1.165, 1.54) is 12.0 Å². The van der Waals surface area contributed by atoms with Crippen molar-refractivity contribution in [1.29, 1.82) is 0 Å². The molecule has 0 saturated heterocycles. The Morgan fingerprint density at radius 3 is 2.80 bits per heavy atom. The van der Waals surface area contributed by atoms with Gasteiger partial charge in [0.25, 0.3) is 0 Å². The zero-order valence-electron chi connectivity index (χ0n) is 12.3. The van der Waals surface area contributed by atoms with Crippen molar-refractivity contribution in [2.45, 2.75) is 44.9 Å². The van der Waals surface area contributed by atoms with Crippen molar-refractivity contribution in [1.82, 2.24) is 0 Å². The fraction of sp³-hybridized carbons (Fsp3) is 0.500. The molecule has 2 heteroatoms. The molecule has 2 atom stereocenters. The predicted octanol–water partition coefficient (Wildman–Crippen LogP) is 4.47. The molecule has 2 nitrogen and oxygen atoms in total. The lowest BCUT2D eigenvalue weighted by molar-refractivity contribution is -0.159. The van der Waals surface area contributed by atoms with Crippen LogP contribution in [0.5, 0.6) is 0 Å². The smallest absolute Gasteiger partial charge is 0.312 e. The SMILES string of the molecule is C=CCC1(C(=O)OCC)CCCCC1c1ccccc1. The van der Waals surface area contributed by atoms with E-state index in [0.29, 0.717) is 13.0 Å². The van der Waals surface area contributed by atoms with Crippen LogP contribution in [0.4, 0.5) is 0 Å². The van der Waals surface area contributed by atoms with Crippen LogP contribution < -0.4 is 0 Å². The molecule has 1 aliphatic carbocycles. The van der Waals surface area contributed by atoms with E-state index in [4.69, 9.17) is 4.74 Å². The summed E-state index contributed by atoms with van der Waals surface area (Å²) >= 11 is 0. The van der Waals surface area contributed by atoms with Gasteiger partial charge in [-0.3, -0.25) is 4.79 Å². The molecule has 0 spiro atoms. The minimum atomic E-state index is -0.419. The number of rotatable bonds is 5. The molecule has 0 bridgehead atoms. The number of hydrogen-bond donors (Lipinski definition) is 0. The van der Waals surface area contributed by atoms with Crippen LogP contribution in [-0.4, -0.2) is 12.6 Å². The van der Waals surface area contributed by atoms with Gasteiger partial charge in [-0.05, 0) is 31.7 Å². The third-order valence-electron chi connectivity index (χ3n) is 4.43. The van der Waals surface area contributed by atoms with Crippen LogP contribution in [0.1, 0.15) is 50.5 Å². The first-order valence-electron chi connectivity index (χ1n) is 7.57. The van der Waals surface area contributed by atoms with E-state index in [1.54, 1.807) is 0 Å². The lowest BCUT2D eigenvalue weighted by Gasteiger charge is -2.42. The van der Waals surface area contributed by atoms with E-state index < -0.39 is 5.41 Å². The van der Waals surface area contributed by atoms with Gasteiger partial charge in [0.2, 0.25) is 0 Å². The summed E-state index contributed by atoms with van der Waals surface area (Å²) in [6.07, 6.45) is 6.80. The molecule has 20 heavy (non-hydrogen) atoms. The van der Waals surface area contributed by atoms with E-state index >= 15 is 0 Å². The highest BCUT2D eigenvalue weighted by atomic mass is 16.5. The topological polar surface area (TPSA) is 26.3 Å². The van der Waals surface area contributed by atoms with E-state index in [9.17, 15) is 4.79 Å². The lowest BCUT2D eigenvalue weighted by Crippen LogP contribution is -2.40. The number of carbonyl (C=O) groups is 1. The first-order chi connectivity index (χ1) is 9.74. The molecule has 1 saturated carbocycles. The van der Waals surface area contributed by atoms with Crippen molar-refractivity contribution in [3.8, 4) is 0 Å². The van der Waals surface area contributed by atoms with Gasteiger partial charge in [-0.15, -0.1) is 6.58 Å². The molecule has 0 aromatic heterocycles. The second kappa shape index (κ2) is 6.74. The first kappa shape index (κ1) is 14.8. The normalized spacial score (nSPS) is 25.9. The third kappa shape index (κ3) is 2.79. The van der Waals surface area contributed by atoms with Gasteiger partial charge in [0.1, 0.15) is 0 Å². The highest BCUT2D eigenvalue weighted by Crippen LogP contribution is 2.50. The fourth-order valence-electron chi connectivity index (χ4n) is 3.51. The zero-order chi connectivity index (χ0) is 14.4. The molecule has 1 aliphatic rings. The van der Waals surface area contributed by atoms with Gasteiger partial charge < -0.3 is 4.74 Å². The predicted molar refractivity (Wildman–Crippen MR) is 81.5 cm³/mol. The minimum Gasteiger partial charge on any atom is -0.466 e. The van der Waals surface area contributed by atoms with Crippen molar-refractivity contribution in [3.63, 3.8) is 0 Å². The van der Waals surface area contributed by atoms with E-state index in [-0.39, 0.29) is 11.9 Å². The Morgan fingerprint density at radius 1 is 1.40 bits per heavy atom. The van der Waals surface area contributed by atoms with Crippen LogP contribution in [0.3, 0.4) is 0 Å². The first-order valence-corrected chi connectivity index (χ1v) is 7.57. The molecule has 2 unspecified atom stereocenters. The van der Waals surface area contributed by atoms with Crippen molar-refractivity contribution in [2.75, 3.05) is 6.61 Å². The molecule has 1 aromatic rings. The molecular weight excluding hydrogens is 248 g/mol. The molecule has 0 radical (unpaired) electrons. The maximum atomic E-state index is 12.6. The molecule has 2 rings (SSSR count). The molecule has 0 N–H and O–H groups in total. The van der Waals surface area contributed by atoms with E-state index in [1.807, 2.05) is 31.2 Å². The quantitative estimate of drug-likeness (QED) is 0.584. The molecular formula is C18H24O2. The average Bonchev–Trinajstić information content (AvgIpc) is 2.49. The number of allylic oxidation sites excluding steroid dienone is 1. The van der Waals surface area contributed by atoms with Crippen molar-refractivity contribution in [3.05, 3.63) is 48.6 Å². The summed E-state index contributed by atoms with van der Waals surface area (Å²) in [5.74, 6) is 0.197. The van der Waals surface area contributed by atoms with Gasteiger partial charge in [0.15, 0.2) is 0 Å². The summed E-state index contributed by atoms with van der Waals surface area (Å²) < 4.78 is 5.40. The largest absolute Gasteiger partial charge is 0.466 e. The summed E-state index contributed by atoms with van der Waals surface area (Å²) in [4.78, 5) is 12.6. The Kier molecular flexibility index (Phi) is 4.99. The van der Waals surface area contributed by atoms with Crippen LogP contribution in [0.15, 0.2) is 43.0 Å². The summed E-state index contributed by atoms with van der Waals surface area (Å²) in [6.45, 7) is 6.18. The fourth-order valence-corrected chi connectivity index (χ4v) is 3.51. The van der Waals surface area contributed by atoms with E-state index in [0.717, 1.165) is 19.3 Å². The summed E-state index contributed by atoms with van der Waals surface area (Å²) in [5, 5.41) is 0. The number of ether oxygens (including phenoxy) is 1. The minimum absolute atomic E-state index is 0.0477. The zero-order valence-corrected chi connectivity index (χ0v) is 12.3. The van der Waals surface area contributed by atoms with Crippen molar-refractivity contribution in [2.24, 2.45) is 5.41 Å². The van der Waals surface area contributed by atoms with Crippen LogP contribution >= 0.6 is 0 Å². The molecule has 108 valence electrons. The number of benzene rings is 1. The Morgan fingerprint density at radius 2 is 2.15 bits per heavy atom. The summed E-state index contributed by atoms with van der Waals surface area (Å²) in [7, 11) is 0. The van der Waals surface area contributed by atoms with Gasteiger partial charge >= 0.3 is 5.97 Å². The summed E-state index contributed by atoms with van der Waals surface area (Å²) in [5.41, 5.74) is 0.833. The lowest BCUT2D eigenvalue weighted by atomic mass is 9.62. The van der Waals surface area contributed by atoms with Crippen LogP contribution in [-0.2, 0) is 9.53 Å². The highest BCUT2D eigenvalue weighted by molar-refractivity contribution is 5.78. The number of esters is 1. The highest BCUT2D eigenvalue weighted by Gasteiger charge is 2.47. The van der Waals surface area contributed by atoms with Gasteiger partial charge in [-0.1, -0.05) is 49.2 Å². The molecule has 0 amide bonds. The molecule has 0 aliphatic heterocycles. The van der Waals surface area contributed by atoms with Gasteiger partial charge in [0, 0.05) is 5.92 Å². The Bertz CT molecular complexity index is 452. The monoisotopic (exact) mass is 272 g/mol. The van der Waals surface area contributed by atoms with Crippen LogP contribution in [0.25, 0.3) is 0 Å². The van der Waals surface area contributed by atoms with E-state index in [2.05, 4.69) is 18.7 Å². The van der Waals surface area contributed by atoms with Gasteiger partial charge in [0.05, 0.1) is 12.0 Å². The maximum Gasteiger partial charge on any atom is 0.312 e. The van der Waals surface area contributed by atoms with Gasteiger partial charge in [-0.2, -0.15) is 0 Å². The molecule has 1 fully saturated rings. The van der Waals surface area contributed by atoms with Crippen molar-refractivity contribution >= 4 is 5.97 Å². The third-order valence-corrected chi connectivity index (χ3v) is 4.43. The Balaban J connectivity index is 2.39. The Hall–Kier alpha value is -1.57. The number of carbonyl (C=O) groups excluding carboxylic acids is 1. The van der Waals surface area contributed by atoms with Crippen molar-refractivity contribution < 1.29 is 9.53 Å². The maximum absolute atomic E-state index is 12.6. The Labute approximate surface area is 121 Å². The van der Waals surface area contributed by atoms with Gasteiger partial charge in [-0.25, -0.2) is 0 Å². The standard InChI is InChI=1S/C18H24O2/c1-3-13-18(17(19)20-4-2)14-9-8-12-16(18)15-10-6-5-7-11-15/h3,5-7,10-11,16H,1,4,8-9,12-14H2,2H3. The second-order valence-electron chi connectivity index (χ2n) is 5.58. The average molecular weight is 272 g/mol. The molecule has 1 aromatic carbocycles. The van der Waals surface area contributed by atoms with Crippen LogP contribution in [0, 0.1) is 5.41 Å². The summed E-state index contributed by atoms with van der Waals surface area (Å²) in [6, 6.07) is 10.4.